The topological polar surface area (TPSA) is 75.5 Å². The highest BCUT2D eigenvalue weighted by Gasteiger charge is 2.28. The van der Waals surface area contributed by atoms with Crippen molar-refractivity contribution in [2.24, 2.45) is 5.92 Å². The standard InChI is InChI=1S/C28H38N6O2/c1-4-34-27-24(19-30-34)26(31-20(2)21-8-6-5-7-9-21)25(18-29-27)28(35)33-16-14-32(15-17-33)22-10-12-23(36-3)13-11-22/h10-13,18-21H,4-9,14-17H2,1-3H3,(H,29,31)/t20-/m1/s1. The molecule has 192 valence electrons. The van der Waals surface area contributed by atoms with E-state index < -0.39 is 0 Å². The zero-order valence-corrected chi connectivity index (χ0v) is 21.7. The molecule has 1 amide bonds. The van der Waals surface area contributed by atoms with E-state index in [1.807, 2.05) is 27.9 Å². The van der Waals surface area contributed by atoms with E-state index in [1.54, 1.807) is 13.3 Å². The van der Waals surface area contributed by atoms with Gasteiger partial charge >= 0.3 is 0 Å². The minimum absolute atomic E-state index is 0.0429. The second-order valence-electron chi connectivity index (χ2n) is 10.1. The van der Waals surface area contributed by atoms with E-state index in [9.17, 15) is 4.79 Å². The lowest BCUT2D eigenvalue weighted by Gasteiger charge is -2.36. The van der Waals surface area contributed by atoms with Crippen molar-refractivity contribution in [2.45, 2.75) is 58.5 Å². The largest absolute Gasteiger partial charge is 0.497 e. The van der Waals surface area contributed by atoms with Crippen LogP contribution in [0.15, 0.2) is 36.7 Å². The number of hydrogen-bond donors (Lipinski definition) is 1. The predicted molar refractivity (Wildman–Crippen MR) is 144 cm³/mol. The molecular weight excluding hydrogens is 452 g/mol. The Bertz CT molecular complexity index is 1180. The first kappa shape index (κ1) is 24.4. The first-order chi connectivity index (χ1) is 17.6. The zero-order valence-electron chi connectivity index (χ0n) is 21.7. The quantitative estimate of drug-likeness (QED) is 0.513. The molecule has 1 saturated carbocycles. The van der Waals surface area contributed by atoms with Gasteiger partial charge in [-0.05, 0) is 56.9 Å². The first-order valence-electron chi connectivity index (χ1n) is 13.4. The van der Waals surface area contributed by atoms with E-state index in [-0.39, 0.29) is 5.91 Å². The van der Waals surface area contributed by atoms with Crippen molar-refractivity contribution in [3.05, 3.63) is 42.2 Å². The Morgan fingerprint density at radius 2 is 1.81 bits per heavy atom. The van der Waals surface area contributed by atoms with E-state index in [0.29, 0.717) is 30.6 Å². The molecule has 8 nitrogen and oxygen atoms in total. The Hall–Kier alpha value is -3.29. The van der Waals surface area contributed by atoms with Crippen LogP contribution in [0.2, 0.25) is 0 Å². The molecule has 0 unspecified atom stereocenters. The highest BCUT2D eigenvalue weighted by atomic mass is 16.5. The van der Waals surface area contributed by atoms with Gasteiger partial charge in [0.1, 0.15) is 5.75 Å². The molecule has 3 aromatic rings. The third-order valence-corrected chi connectivity index (χ3v) is 7.93. The fraction of sp³-hybridized carbons (Fsp3) is 0.536. The van der Waals surface area contributed by atoms with Crippen LogP contribution in [0.4, 0.5) is 11.4 Å². The summed E-state index contributed by atoms with van der Waals surface area (Å²) < 4.78 is 7.18. The molecule has 2 aliphatic rings. The van der Waals surface area contributed by atoms with Gasteiger partial charge in [0, 0.05) is 50.6 Å². The van der Waals surface area contributed by atoms with Gasteiger partial charge < -0.3 is 19.9 Å². The predicted octanol–water partition coefficient (Wildman–Crippen LogP) is 4.80. The van der Waals surface area contributed by atoms with Gasteiger partial charge in [0.05, 0.1) is 29.9 Å². The summed E-state index contributed by atoms with van der Waals surface area (Å²) in [5.41, 5.74) is 3.53. The monoisotopic (exact) mass is 490 g/mol. The van der Waals surface area contributed by atoms with Crippen molar-refractivity contribution in [2.75, 3.05) is 43.5 Å². The molecule has 1 N–H and O–H groups in total. The molecule has 1 atom stereocenters. The number of aromatic nitrogens is 3. The van der Waals surface area contributed by atoms with Crippen LogP contribution in [0.1, 0.15) is 56.3 Å². The molecule has 1 saturated heterocycles. The summed E-state index contributed by atoms with van der Waals surface area (Å²) in [6.07, 6.45) is 10.0. The molecule has 1 aliphatic carbocycles. The average Bonchev–Trinajstić information content (AvgIpc) is 3.37. The fourth-order valence-electron chi connectivity index (χ4n) is 5.69. The molecule has 5 rings (SSSR count). The second-order valence-corrected chi connectivity index (χ2v) is 10.1. The summed E-state index contributed by atoms with van der Waals surface area (Å²) in [7, 11) is 1.68. The average molecular weight is 491 g/mol. The number of hydrogen-bond acceptors (Lipinski definition) is 6. The summed E-state index contributed by atoms with van der Waals surface area (Å²) in [4.78, 5) is 22.8. The molecule has 0 radical (unpaired) electrons. The Kier molecular flexibility index (Phi) is 7.30. The van der Waals surface area contributed by atoms with Crippen molar-refractivity contribution in [3.63, 3.8) is 0 Å². The summed E-state index contributed by atoms with van der Waals surface area (Å²) in [5.74, 6) is 1.52. The van der Waals surface area contributed by atoms with Gasteiger partial charge in [-0.3, -0.25) is 4.79 Å². The van der Waals surface area contributed by atoms with Gasteiger partial charge in [-0.1, -0.05) is 19.3 Å². The highest BCUT2D eigenvalue weighted by Crippen LogP contribution is 2.33. The Labute approximate surface area is 213 Å². The van der Waals surface area contributed by atoms with Gasteiger partial charge in [0.15, 0.2) is 5.65 Å². The molecule has 36 heavy (non-hydrogen) atoms. The van der Waals surface area contributed by atoms with Crippen LogP contribution in [0.25, 0.3) is 11.0 Å². The number of methoxy groups -OCH3 is 1. The lowest BCUT2D eigenvalue weighted by atomic mass is 9.84. The number of fused-ring (bicyclic) bond motifs is 1. The molecule has 2 aromatic heterocycles. The smallest absolute Gasteiger partial charge is 0.257 e. The van der Waals surface area contributed by atoms with Crippen LogP contribution in [0, 0.1) is 5.92 Å². The normalized spacial score (nSPS) is 17.9. The van der Waals surface area contributed by atoms with E-state index in [0.717, 1.165) is 47.8 Å². The number of carbonyl (C=O) groups excluding carboxylic acids is 1. The molecule has 1 aliphatic heterocycles. The summed E-state index contributed by atoms with van der Waals surface area (Å²) >= 11 is 0. The summed E-state index contributed by atoms with van der Waals surface area (Å²) in [6, 6.07) is 8.41. The third-order valence-electron chi connectivity index (χ3n) is 7.93. The maximum absolute atomic E-state index is 13.8. The molecule has 0 spiro atoms. The van der Waals surface area contributed by atoms with Crippen molar-refractivity contribution in [3.8, 4) is 5.75 Å². The van der Waals surface area contributed by atoms with Gasteiger partial charge in [0.25, 0.3) is 5.91 Å². The molecule has 8 heteroatoms. The number of carbonyl (C=O) groups is 1. The number of aryl methyl sites for hydroxylation is 1. The lowest BCUT2D eigenvalue weighted by Crippen LogP contribution is -2.49. The molecule has 3 heterocycles. The molecular formula is C28H38N6O2. The Balaban J connectivity index is 1.36. The SMILES string of the molecule is CCn1ncc2c(N[C@H](C)C3CCCCC3)c(C(=O)N3CCN(c4ccc(OC)cc4)CC3)cnc21. The van der Waals surface area contributed by atoms with Gasteiger partial charge in [-0.2, -0.15) is 5.10 Å². The van der Waals surface area contributed by atoms with Crippen molar-refractivity contribution in [1.29, 1.82) is 0 Å². The summed E-state index contributed by atoms with van der Waals surface area (Å²) in [6.45, 7) is 8.01. The van der Waals surface area contributed by atoms with E-state index in [4.69, 9.17) is 4.74 Å². The number of nitrogens with one attached hydrogen (secondary N) is 1. The third kappa shape index (κ3) is 4.86. The van der Waals surface area contributed by atoms with Gasteiger partial charge in [-0.15, -0.1) is 0 Å². The number of rotatable bonds is 7. The van der Waals surface area contributed by atoms with Gasteiger partial charge in [0.2, 0.25) is 0 Å². The second kappa shape index (κ2) is 10.8. The molecule has 0 bridgehead atoms. The minimum Gasteiger partial charge on any atom is -0.497 e. The van der Waals surface area contributed by atoms with Gasteiger partial charge in [-0.25, -0.2) is 9.67 Å². The Morgan fingerprint density at radius 3 is 2.47 bits per heavy atom. The number of piperazine rings is 1. The fourth-order valence-corrected chi connectivity index (χ4v) is 5.69. The Morgan fingerprint density at radius 1 is 1.08 bits per heavy atom. The van der Waals surface area contributed by atoms with Crippen LogP contribution in [-0.4, -0.2) is 64.9 Å². The number of ether oxygens (including phenoxy) is 1. The number of amides is 1. The van der Waals surface area contributed by atoms with E-state index in [1.165, 1.54) is 32.1 Å². The summed E-state index contributed by atoms with van der Waals surface area (Å²) in [5, 5.41) is 9.23. The number of benzene rings is 1. The maximum atomic E-state index is 13.8. The maximum Gasteiger partial charge on any atom is 0.257 e. The van der Waals surface area contributed by atoms with Crippen LogP contribution in [-0.2, 0) is 6.54 Å². The highest BCUT2D eigenvalue weighted by molar-refractivity contribution is 6.06. The van der Waals surface area contributed by atoms with Crippen molar-refractivity contribution in [1.82, 2.24) is 19.7 Å². The number of nitrogens with zero attached hydrogens (tertiary/aromatic N) is 5. The van der Waals surface area contributed by atoms with E-state index >= 15 is 0 Å². The lowest BCUT2D eigenvalue weighted by molar-refractivity contribution is 0.0747. The number of pyridine rings is 1. The number of anilines is 2. The van der Waals surface area contributed by atoms with Crippen molar-refractivity contribution < 1.29 is 9.53 Å². The molecule has 2 fully saturated rings. The zero-order chi connectivity index (χ0) is 25.1. The molecule has 1 aromatic carbocycles. The van der Waals surface area contributed by atoms with Crippen LogP contribution < -0.4 is 15.0 Å². The van der Waals surface area contributed by atoms with E-state index in [2.05, 4.69) is 46.3 Å². The van der Waals surface area contributed by atoms with Crippen LogP contribution in [0.5, 0.6) is 5.75 Å². The van der Waals surface area contributed by atoms with Crippen LogP contribution >= 0.6 is 0 Å². The minimum atomic E-state index is 0.0429. The van der Waals surface area contributed by atoms with Crippen LogP contribution in [0.3, 0.4) is 0 Å². The first-order valence-corrected chi connectivity index (χ1v) is 13.4. The van der Waals surface area contributed by atoms with Crippen molar-refractivity contribution >= 4 is 28.3 Å².